The molecule has 2 aromatic rings. The van der Waals surface area contributed by atoms with Crippen molar-refractivity contribution in [1.82, 2.24) is 4.90 Å². The molecule has 1 aliphatic heterocycles. The Morgan fingerprint density at radius 1 is 1.21 bits per heavy atom. The van der Waals surface area contributed by atoms with Gasteiger partial charge in [0.05, 0.1) is 36.1 Å². The maximum atomic E-state index is 12.7. The van der Waals surface area contributed by atoms with Crippen molar-refractivity contribution in [2.24, 2.45) is 0 Å². The lowest BCUT2D eigenvalue weighted by molar-refractivity contribution is 0.0768. The summed E-state index contributed by atoms with van der Waals surface area (Å²) in [4.78, 5) is 26.1. The van der Waals surface area contributed by atoms with E-state index >= 15 is 0 Å². The first-order chi connectivity index (χ1) is 13.7. The molecule has 3 rings (SSSR count). The van der Waals surface area contributed by atoms with E-state index in [2.05, 4.69) is 5.32 Å². The van der Waals surface area contributed by atoms with Crippen LogP contribution >= 0.6 is 0 Å². The summed E-state index contributed by atoms with van der Waals surface area (Å²) in [5.74, 6) is 0.277. The summed E-state index contributed by atoms with van der Waals surface area (Å²) < 4.78 is 11.6. The zero-order chi connectivity index (χ0) is 19.9. The smallest absolute Gasteiger partial charge is 0.254 e. The zero-order valence-corrected chi connectivity index (χ0v) is 16.3. The number of amides is 1. The Hall–Kier alpha value is -2.86. The van der Waals surface area contributed by atoms with Crippen molar-refractivity contribution in [1.29, 1.82) is 0 Å². The molecule has 1 unspecified atom stereocenters. The maximum absolute atomic E-state index is 12.7. The molecule has 0 fully saturated rings. The Bertz CT molecular complexity index is 819. The first kappa shape index (κ1) is 19.9. The van der Waals surface area contributed by atoms with Crippen molar-refractivity contribution in [3.05, 3.63) is 59.2 Å². The lowest BCUT2D eigenvalue weighted by Crippen LogP contribution is -2.36. The quantitative estimate of drug-likeness (QED) is 0.709. The first-order valence-corrected chi connectivity index (χ1v) is 9.60. The third-order valence-electron chi connectivity index (χ3n) is 4.81. The fourth-order valence-electron chi connectivity index (χ4n) is 3.28. The number of rotatable bonds is 8. The number of benzene rings is 2. The van der Waals surface area contributed by atoms with E-state index in [0.29, 0.717) is 61.8 Å². The molecule has 1 amide bonds. The Balaban J connectivity index is 1.68. The molecule has 1 aliphatic rings. The van der Waals surface area contributed by atoms with Gasteiger partial charge >= 0.3 is 0 Å². The van der Waals surface area contributed by atoms with Gasteiger partial charge in [-0.2, -0.15) is 0 Å². The molecule has 1 N–H and O–H groups in total. The summed E-state index contributed by atoms with van der Waals surface area (Å²) in [6.07, 6.45) is 0.698. The molecule has 0 aromatic heterocycles. The van der Waals surface area contributed by atoms with Gasteiger partial charge in [0.2, 0.25) is 0 Å². The molecule has 0 saturated carbocycles. The minimum Gasteiger partial charge on any atom is -0.488 e. The largest absolute Gasteiger partial charge is 0.488 e. The van der Waals surface area contributed by atoms with Crippen LogP contribution in [0.1, 0.15) is 40.1 Å². The van der Waals surface area contributed by atoms with E-state index < -0.39 is 0 Å². The molecular weight excluding hydrogens is 356 g/mol. The van der Waals surface area contributed by atoms with Gasteiger partial charge < -0.3 is 19.7 Å². The molecule has 1 heterocycles. The van der Waals surface area contributed by atoms with Crippen molar-refractivity contribution in [3.63, 3.8) is 0 Å². The van der Waals surface area contributed by atoms with Crippen LogP contribution in [0.25, 0.3) is 0 Å². The lowest BCUT2D eigenvalue weighted by Gasteiger charge is -2.29. The van der Waals surface area contributed by atoms with E-state index in [4.69, 9.17) is 9.47 Å². The second-order valence-electron chi connectivity index (χ2n) is 6.65. The van der Waals surface area contributed by atoms with Gasteiger partial charge in [0, 0.05) is 13.1 Å². The van der Waals surface area contributed by atoms with Crippen LogP contribution in [-0.4, -0.2) is 49.4 Å². The molecule has 0 radical (unpaired) electrons. The maximum Gasteiger partial charge on any atom is 0.254 e. The standard InChI is InChI=1S/C22H26N2O4/c1-3-24(4-2)22(26)18-10-11-20-21(19(18)12-25)28-15-17(23-20)14-27-13-16-8-6-5-7-9-16/h5-12,17,23H,3-4,13-15H2,1-2H3. The Morgan fingerprint density at radius 3 is 2.64 bits per heavy atom. The topological polar surface area (TPSA) is 67.9 Å². The predicted octanol–water partition coefficient (Wildman–Crippen LogP) is 3.37. The fraction of sp³-hybridized carbons (Fsp3) is 0.364. The van der Waals surface area contributed by atoms with Crippen LogP contribution in [-0.2, 0) is 11.3 Å². The van der Waals surface area contributed by atoms with E-state index in [1.807, 2.05) is 44.2 Å². The van der Waals surface area contributed by atoms with E-state index in [0.717, 1.165) is 5.56 Å². The van der Waals surface area contributed by atoms with E-state index in [-0.39, 0.29) is 11.9 Å². The summed E-state index contributed by atoms with van der Waals surface area (Å²) in [6.45, 7) is 6.38. The van der Waals surface area contributed by atoms with E-state index in [1.165, 1.54) is 0 Å². The van der Waals surface area contributed by atoms with Crippen LogP contribution in [0.4, 0.5) is 5.69 Å². The number of ether oxygens (including phenoxy) is 2. The summed E-state index contributed by atoms with van der Waals surface area (Å²) in [5, 5.41) is 3.35. The Morgan fingerprint density at radius 2 is 1.96 bits per heavy atom. The van der Waals surface area contributed by atoms with Crippen molar-refractivity contribution in [2.75, 3.05) is 31.6 Å². The van der Waals surface area contributed by atoms with Crippen molar-refractivity contribution < 1.29 is 19.1 Å². The molecule has 0 spiro atoms. The van der Waals surface area contributed by atoms with Crippen LogP contribution in [0.15, 0.2) is 42.5 Å². The summed E-state index contributed by atoms with van der Waals surface area (Å²) in [7, 11) is 0. The zero-order valence-electron chi connectivity index (χ0n) is 16.3. The predicted molar refractivity (Wildman–Crippen MR) is 108 cm³/mol. The van der Waals surface area contributed by atoms with E-state index in [9.17, 15) is 9.59 Å². The minimum atomic E-state index is -0.160. The third kappa shape index (κ3) is 4.34. The second-order valence-corrected chi connectivity index (χ2v) is 6.65. The number of nitrogens with zero attached hydrogens (tertiary/aromatic N) is 1. The molecule has 28 heavy (non-hydrogen) atoms. The monoisotopic (exact) mass is 382 g/mol. The number of carbonyl (C=O) groups is 2. The van der Waals surface area contributed by atoms with Crippen LogP contribution in [0.5, 0.6) is 5.75 Å². The van der Waals surface area contributed by atoms with Crippen LogP contribution in [0.3, 0.4) is 0 Å². The van der Waals surface area contributed by atoms with Crippen molar-refractivity contribution in [2.45, 2.75) is 26.5 Å². The number of hydrogen-bond acceptors (Lipinski definition) is 5. The highest BCUT2D eigenvalue weighted by atomic mass is 16.5. The highest BCUT2D eigenvalue weighted by Gasteiger charge is 2.26. The molecule has 2 aromatic carbocycles. The van der Waals surface area contributed by atoms with Gasteiger partial charge in [0.1, 0.15) is 6.61 Å². The molecule has 6 nitrogen and oxygen atoms in total. The van der Waals surface area contributed by atoms with Gasteiger partial charge in [-0.15, -0.1) is 0 Å². The summed E-state index contributed by atoms with van der Waals surface area (Å²) in [6, 6.07) is 13.4. The van der Waals surface area contributed by atoms with Crippen molar-refractivity contribution >= 4 is 17.9 Å². The van der Waals surface area contributed by atoms with Crippen LogP contribution < -0.4 is 10.1 Å². The molecule has 0 saturated heterocycles. The first-order valence-electron chi connectivity index (χ1n) is 9.60. The van der Waals surface area contributed by atoms with Gasteiger partial charge in [0.15, 0.2) is 12.0 Å². The normalized spacial score (nSPS) is 15.1. The molecule has 148 valence electrons. The fourth-order valence-corrected chi connectivity index (χ4v) is 3.28. The molecule has 6 heteroatoms. The van der Waals surface area contributed by atoms with E-state index in [1.54, 1.807) is 17.0 Å². The number of nitrogens with one attached hydrogen (secondary N) is 1. The van der Waals surface area contributed by atoms with Crippen molar-refractivity contribution in [3.8, 4) is 5.75 Å². The summed E-state index contributed by atoms with van der Waals surface area (Å²) >= 11 is 0. The Kier molecular flexibility index (Phi) is 6.66. The van der Waals surface area contributed by atoms with Gasteiger partial charge in [0.25, 0.3) is 5.91 Å². The number of aldehydes is 1. The lowest BCUT2D eigenvalue weighted by atomic mass is 10.0. The molecule has 0 aliphatic carbocycles. The van der Waals surface area contributed by atoms with Crippen LogP contribution in [0.2, 0.25) is 0 Å². The SMILES string of the molecule is CCN(CC)C(=O)c1ccc2c(c1C=O)OCC(COCc1ccccc1)N2. The third-order valence-corrected chi connectivity index (χ3v) is 4.81. The van der Waals surface area contributed by atoms with Gasteiger partial charge in [-0.05, 0) is 31.5 Å². The molecule has 1 atom stereocenters. The Labute approximate surface area is 165 Å². The number of hydrogen-bond donors (Lipinski definition) is 1. The number of anilines is 1. The molecular formula is C22H26N2O4. The number of fused-ring (bicyclic) bond motifs is 1. The van der Waals surface area contributed by atoms with Gasteiger partial charge in [-0.3, -0.25) is 9.59 Å². The molecule has 0 bridgehead atoms. The average molecular weight is 382 g/mol. The van der Waals surface area contributed by atoms with Crippen LogP contribution in [0, 0.1) is 0 Å². The minimum absolute atomic E-state index is 0.0277. The highest BCUT2D eigenvalue weighted by molar-refractivity contribution is 6.04. The van der Waals surface area contributed by atoms with Gasteiger partial charge in [-0.25, -0.2) is 0 Å². The summed E-state index contributed by atoms with van der Waals surface area (Å²) in [5.41, 5.74) is 2.49. The number of carbonyl (C=O) groups excluding carboxylic acids is 2. The average Bonchev–Trinajstić information content (AvgIpc) is 2.74. The highest BCUT2D eigenvalue weighted by Crippen LogP contribution is 2.34. The second kappa shape index (κ2) is 9.37. The van der Waals surface area contributed by atoms with Gasteiger partial charge in [-0.1, -0.05) is 30.3 Å².